The Balaban J connectivity index is 1.54. The minimum atomic E-state index is -0.510. The maximum atomic E-state index is 14.0. The molecule has 1 atom stereocenters. The van der Waals surface area contributed by atoms with Crippen LogP contribution >= 0.6 is 0 Å². The Morgan fingerprint density at radius 1 is 1.08 bits per heavy atom. The van der Waals surface area contributed by atoms with Crippen LogP contribution < -0.4 is 15.2 Å². The second-order valence-corrected chi connectivity index (χ2v) is 6.11. The molecule has 0 saturated carbocycles. The van der Waals surface area contributed by atoms with E-state index in [0.29, 0.717) is 35.9 Å². The molecule has 0 bridgehead atoms. The molecule has 132 valence electrons. The SMILES string of the molecule is Nc1ccc(Oc2ccc3c(c2)CCC(c2cc(F)ccc2F)O3)nc1. The fraction of sp³-hybridized carbons (Fsp3) is 0.150. The Morgan fingerprint density at radius 2 is 1.96 bits per heavy atom. The van der Waals surface area contributed by atoms with Gasteiger partial charge < -0.3 is 15.2 Å². The molecule has 0 aliphatic carbocycles. The van der Waals surface area contributed by atoms with Crippen molar-refractivity contribution in [3.63, 3.8) is 0 Å². The summed E-state index contributed by atoms with van der Waals surface area (Å²) in [5.74, 6) is 0.767. The summed E-state index contributed by atoms with van der Waals surface area (Å²) in [7, 11) is 0. The van der Waals surface area contributed by atoms with Crippen LogP contribution in [0, 0.1) is 11.6 Å². The fourth-order valence-corrected chi connectivity index (χ4v) is 2.98. The van der Waals surface area contributed by atoms with E-state index < -0.39 is 17.7 Å². The maximum Gasteiger partial charge on any atom is 0.219 e. The van der Waals surface area contributed by atoms with Gasteiger partial charge in [0.25, 0.3) is 0 Å². The first kappa shape index (κ1) is 16.3. The smallest absolute Gasteiger partial charge is 0.219 e. The Morgan fingerprint density at radius 3 is 2.77 bits per heavy atom. The fourth-order valence-electron chi connectivity index (χ4n) is 2.98. The number of nitrogens with two attached hydrogens (primary N) is 1. The molecule has 1 aliphatic heterocycles. The number of hydrogen-bond donors (Lipinski definition) is 1. The molecule has 2 heterocycles. The minimum Gasteiger partial charge on any atom is -0.485 e. The number of hydrogen-bond acceptors (Lipinski definition) is 4. The highest BCUT2D eigenvalue weighted by atomic mass is 19.1. The summed E-state index contributed by atoms with van der Waals surface area (Å²) >= 11 is 0. The molecule has 2 aromatic carbocycles. The van der Waals surface area contributed by atoms with E-state index in [-0.39, 0.29) is 5.56 Å². The molecular weight excluding hydrogens is 338 g/mol. The third kappa shape index (κ3) is 3.31. The zero-order valence-corrected chi connectivity index (χ0v) is 13.8. The van der Waals surface area contributed by atoms with Crippen LogP contribution in [0.1, 0.15) is 23.7 Å². The second kappa shape index (κ2) is 6.63. The van der Waals surface area contributed by atoms with E-state index >= 15 is 0 Å². The number of anilines is 1. The van der Waals surface area contributed by atoms with E-state index in [0.717, 1.165) is 17.7 Å². The molecule has 1 aromatic heterocycles. The van der Waals surface area contributed by atoms with E-state index in [1.54, 1.807) is 24.3 Å². The highest BCUT2D eigenvalue weighted by Gasteiger charge is 2.24. The number of aromatic nitrogens is 1. The van der Waals surface area contributed by atoms with Gasteiger partial charge in [-0.1, -0.05) is 0 Å². The lowest BCUT2D eigenvalue weighted by Crippen LogP contribution is -2.16. The molecule has 0 amide bonds. The van der Waals surface area contributed by atoms with Gasteiger partial charge >= 0.3 is 0 Å². The van der Waals surface area contributed by atoms with Gasteiger partial charge in [-0.25, -0.2) is 13.8 Å². The number of ether oxygens (including phenoxy) is 2. The van der Waals surface area contributed by atoms with Gasteiger partial charge in [0, 0.05) is 11.6 Å². The lowest BCUT2D eigenvalue weighted by molar-refractivity contribution is 0.171. The molecule has 3 aromatic rings. The third-order valence-electron chi connectivity index (χ3n) is 4.26. The first-order valence-electron chi connectivity index (χ1n) is 8.22. The number of fused-ring (bicyclic) bond motifs is 1. The Labute approximate surface area is 149 Å². The average Bonchev–Trinajstić information content (AvgIpc) is 2.65. The molecular formula is C20H16F2N2O2. The van der Waals surface area contributed by atoms with E-state index in [1.165, 1.54) is 12.3 Å². The van der Waals surface area contributed by atoms with Crippen molar-refractivity contribution in [2.24, 2.45) is 0 Å². The van der Waals surface area contributed by atoms with E-state index in [9.17, 15) is 8.78 Å². The molecule has 0 radical (unpaired) electrons. The standard InChI is InChI=1S/C20H16F2N2O2/c21-13-2-5-17(22)16(10-13)19-6-1-12-9-15(4-7-18(12)26-19)25-20-8-3-14(23)11-24-20/h2-5,7-11,19H,1,6,23H2. The molecule has 26 heavy (non-hydrogen) atoms. The number of aryl methyl sites for hydroxylation is 1. The normalized spacial score (nSPS) is 15.8. The third-order valence-corrected chi connectivity index (χ3v) is 4.26. The summed E-state index contributed by atoms with van der Waals surface area (Å²) in [6.07, 6.45) is 2.23. The first-order chi connectivity index (χ1) is 12.6. The topological polar surface area (TPSA) is 57.4 Å². The van der Waals surface area contributed by atoms with Crippen molar-refractivity contribution in [2.75, 3.05) is 5.73 Å². The summed E-state index contributed by atoms with van der Waals surface area (Å²) in [4.78, 5) is 4.10. The molecule has 0 fully saturated rings. The van der Waals surface area contributed by atoms with Gasteiger partial charge in [0.05, 0.1) is 11.9 Å². The van der Waals surface area contributed by atoms with E-state index in [2.05, 4.69) is 4.98 Å². The molecule has 1 aliphatic rings. The van der Waals surface area contributed by atoms with Crippen LogP contribution in [0.25, 0.3) is 0 Å². The Kier molecular flexibility index (Phi) is 4.16. The number of halogens is 2. The highest BCUT2D eigenvalue weighted by Crippen LogP contribution is 2.38. The van der Waals surface area contributed by atoms with Crippen molar-refractivity contribution in [1.82, 2.24) is 4.98 Å². The Hall–Kier alpha value is -3.15. The van der Waals surface area contributed by atoms with Crippen molar-refractivity contribution >= 4 is 5.69 Å². The van der Waals surface area contributed by atoms with Gasteiger partial charge in [-0.2, -0.15) is 0 Å². The molecule has 0 saturated heterocycles. The number of pyridine rings is 1. The molecule has 2 N–H and O–H groups in total. The minimum absolute atomic E-state index is 0.238. The predicted octanol–water partition coefficient (Wildman–Crippen LogP) is 4.80. The van der Waals surface area contributed by atoms with Crippen LogP contribution in [-0.4, -0.2) is 4.98 Å². The summed E-state index contributed by atoms with van der Waals surface area (Å²) in [6.45, 7) is 0. The van der Waals surface area contributed by atoms with Gasteiger partial charge in [-0.05, 0) is 60.9 Å². The number of nitrogen functional groups attached to an aromatic ring is 1. The van der Waals surface area contributed by atoms with Crippen molar-refractivity contribution in [3.05, 3.63) is 77.5 Å². The van der Waals surface area contributed by atoms with Crippen molar-refractivity contribution in [3.8, 4) is 17.4 Å². The lowest BCUT2D eigenvalue weighted by atomic mass is 9.97. The highest BCUT2D eigenvalue weighted by molar-refractivity contribution is 5.44. The zero-order chi connectivity index (χ0) is 18.1. The molecule has 1 unspecified atom stereocenters. The maximum absolute atomic E-state index is 14.0. The van der Waals surface area contributed by atoms with Crippen molar-refractivity contribution < 1.29 is 18.3 Å². The molecule has 4 nitrogen and oxygen atoms in total. The average molecular weight is 354 g/mol. The Bertz CT molecular complexity index is 945. The summed E-state index contributed by atoms with van der Waals surface area (Å²) in [6, 6.07) is 12.2. The van der Waals surface area contributed by atoms with E-state index in [4.69, 9.17) is 15.2 Å². The van der Waals surface area contributed by atoms with Crippen molar-refractivity contribution in [2.45, 2.75) is 18.9 Å². The summed E-state index contributed by atoms with van der Waals surface area (Å²) in [5.41, 5.74) is 7.36. The molecule has 4 rings (SSSR count). The number of nitrogens with zero attached hydrogens (tertiary/aromatic N) is 1. The van der Waals surface area contributed by atoms with Crippen molar-refractivity contribution in [1.29, 1.82) is 0 Å². The lowest BCUT2D eigenvalue weighted by Gasteiger charge is -2.27. The zero-order valence-electron chi connectivity index (χ0n) is 13.8. The van der Waals surface area contributed by atoms with Crippen LogP contribution in [-0.2, 0) is 6.42 Å². The van der Waals surface area contributed by atoms with Gasteiger partial charge in [-0.3, -0.25) is 0 Å². The summed E-state index contributed by atoms with van der Waals surface area (Å²) < 4.78 is 39.0. The van der Waals surface area contributed by atoms with Crippen LogP contribution in [0.2, 0.25) is 0 Å². The van der Waals surface area contributed by atoms with E-state index in [1.807, 2.05) is 6.07 Å². The number of benzene rings is 2. The van der Waals surface area contributed by atoms with Crippen LogP contribution in [0.3, 0.4) is 0 Å². The van der Waals surface area contributed by atoms with Gasteiger partial charge in [0.2, 0.25) is 5.88 Å². The first-order valence-corrected chi connectivity index (χ1v) is 8.22. The second-order valence-electron chi connectivity index (χ2n) is 6.11. The van der Waals surface area contributed by atoms with Crippen LogP contribution in [0.15, 0.2) is 54.7 Å². The van der Waals surface area contributed by atoms with Gasteiger partial charge in [-0.15, -0.1) is 0 Å². The predicted molar refractivity (Wildman–Crippen MR) is 93.2 cm³/mol. The summed E-state index contributed by atoms with van der Waals surface area (Å²) in [5, 5.41) is 0. The largest absolute Gasteiger partial charge is 0.485 e. The van der Waals surface area contributed by atoms with Crippen LogP contribution in [0.4, 0.5) is 14.5 Å². The van der Waals surface area contributed by atoms with Gasteiger partial charge in [0.1, 0.15) is 29.2 Å². The monoisotopic (exact) mass is 354 g/mol. The molecule has 0 spiro atoms. The van der Waals surface area contributed by atoms with Gasteiger partial charge in [0.15, 0.2) is 0 Å². The number of rotatable bonds is 3. The molecule has 6 heteroatoms. The van der Waals surface area contributed by atoms with Crippen LogP contribution in [0.5, 0.6) is 17.4 Å². The quantitative estimate of drug-likeness (QED) is 0.734.